The van der Waals surface area contributed by atoms with Gasteiger partial charge in [0.1, 0.15) is 0 Å². The van der Waals surface area contributed by atoms with Gasteiger partial charge in [0.2, 0.25) is 0 Å². The molecule has 1 aliphatic rings. The molecule has 0 saturated carbocycles. The summed E-state index contributed by atoms with van der Waals surface area (Å²) in [5, 5.41) is 0. The van der Waals surface area contributed by atoms with Gasteiger partial charge >= 0.3 is 52.4 Å². The summed E-state index contributed by atoms with van der Waals surface area (Å²) in [6.45, 7) is 13.6. The van der Waals surface area contributed by atoms with Gasteiger partial charge in [-0.05, 0) is 42.3 Å². The molecule has 0 aliphatic heterocycles. The zero-order valence-electron chi connectivity index (χ0n) is 16.8. The van der Waals surface area contributed by atoms with Crippen molar-refractivity contribution in [3.8, 4) is 0 Å². The summed E-state index contributed by atoms with van der Waals surface area (Å²) < 4.78 is 1.61. The molecule has 0 aromatic carbocycles. The fourth-order valence-corrected chi connectivity index (χ4v) is 1.99. The van der Waals surface area contributed by atoms with Crippen LogP contribution < -0.4 is 0 Å². The van der Waals surface area contributed by atoms with E-state index in [1.54, 1.807) is 3.33 Å². The second-order valence-corrected chi connectivity index (χ2v) is 8.28. The molecule has 1 aliphatic carbocycles. The minimum absolute atomic E-state index is 0.972. The summed E-state index contributed by atoms with van der Waals surface area (Å²) in [4.78, 5) is 6.19. The van der Waals surface area contributed by atoms with E-state index in [1.807, 2.05) is 60.5 Å². The second-order valence-electron chi connectivity index (χ2n) is 5.98. The number of allylic oxidation sites excluding steroid dienone is 4. The van der Waals surface area contributed by atoms with Gasteiger partial charge < -0.3 is 14.7 Å². The quantitative estimate of drug-likeness (QED) is 0.409. The Morgan fingerprint density at radius 2 is 1.17 bits per heavy atom. The van der Waals surface area contributed by atoms with Crippen LogP contribution in [0.1, 0.15) is 6.42 Å². The first-order valence-electron chi connectivity index (χ1n) is 8.05. The summed E-state index contributed by atoms with van der Waals surface area (Å²) in [5.41, 5.74) is 0. The first-order chi connectivity index (χ1) is 11.2. The Labute approximate surface area is 166 Å². The first kappa shape index (κ1) is 28.3. The standard InChI is InChI=1S/3C5H11N.C5H5.Hf/c3*1-4-5-6(2)3;1-2-4-5-3-1;/h3*4H,1,5H2,2-3H3;1-3H,4H2;. The zero-order valence-corrected chi connectivity index (χ0v) is 20.3. The fraction of sp³-hybridized carbons (Fsp3) is 0.500. The number of hydrogen-bond donors (Lipinski definition) is 0. The Balaban J connectivity index is -0.000000245. The molecular formula is C20H38HfN3. The molecule has 0 atom stereocenters. The Kier molecular flexibility index (Phi) is 26.4. The molecule has 4 heteroatoms. The van der Waals surface area contributed by atoms with Crippen LogP contribution in [-0.2, 0) is 24.4 Å². The van der Waals surface area contributed by atoms with Gasteiger partial charge in [-0.1, -0.05) is 18.2 Å². The summed E-state index contributed by atoms with van der Waals surface area (Å²) in [5.74, 6) is 0. The van der Waals surface area contributed by atoms with Gasteiger partial charge in [0.25, 0.3) is 0 Å². The Hall–Kier alpha value is -0.550. The molecule has 0 aromatic rings. The van der Waals surface area contributed by atoms with Crippen LogP contribution in [0, 0.1) is 0 Å². The van der Waals surface area contributed by atoms with Crippen LogP contribution in [0.15, 0.2) is 59.5 Å². The maximum atomic E-state index is 3.56. The molecule has 0 bridgehead atoms. The van der Waals surface area contributed by atoms with Crippen LogP contribution >= 0.6 is 0 Å². The normalized spacial score (nSPS) is 11.4. The molecule has 0 radical (unpaired) electrons. The van der Waals surface area contributed by atoms with Crippen molar-refractivity contribution in [3.05, 3.63) is 59.5 Å². The Morgan fingerprint density at radius 3 is 1.21 bits per heavy atom. The molecule has 0 N–H and O–H groups in total. The van der Waals surface area contributed by atoms with Crippen molar-refractivity contribution in [2.24, 2.45) is 0 Å². The average molecular weight is 499 g/mol. The summed E-state index contributed by atoms with van der Waals surface area (Å²) in [6.07, 6.45) is 13.4. The fourth-order valence-electron chi connectivity index (χ4n) is 1.22. The van der Waals surface area contributed by atoms with E-state index in [0.717, 1.165) is 19.6 Å². The van der Waals surface area contributed by atoms with Crippen molar-refractivity contribution >= 4 is 0 Å². The van der Waals surface area contributed by atoms with Crippen LogP contribution in [0.4, 0.5) is 0 Å². The molecular weight excluding hydrogens is 461 g/mol. The Morgan fingerprint density at radius 1 is 0.833 bits per heavy atom. The third kappa shape index (κ3) is 37.6. The number of hydrogen-bond acceptors (Lipinski definition) is 3. The van der Waals surface area contributed by atoms with Gasteiger partial charge in [0.05, 0.1) is 0 Å². The monoisotopic (exact) mass is 500 g/mol. The molecule has 0 spiro atoms. The van der Waals surface area contributed by atoms with Crippen molar-refractivity contribution in [2.45, 2.75) is 6.42 Å². The van der Waals surface area contributed by atoms with Crippen LogP contribution in [0.3, 0.4) is 0 Å². The molecule has 0 aromatic heterocycles. The van der Waals surface area contributed by atoms with E-state index < -0.39 is 0 Å². The molecule has 137 valence electrons. The first-order valence-corrected chi connectivity index (χ1v) is 9.84. The molecule has 0 fully saturated rings. The molecule has 0 saturated heterocycles. The number of nitrogens with zero attached hydrogens (tertiary/aromatic N) is 3. The summed E-state index contributed by atoms with van der Waals surface area (Å²) in [6, 6.07) is 0. The van der Waals surface area contributed by atoms with E-state index in [2.05, 4.69) is 52.7 Å². The zero-order chi connectivity index (χ0) is 19.4. The Bertz CT molecular complexity index is 323. The van der Waals surface area contributed by atoms with Gasteiger partial charge in [-0.2, -0.15) is 0 Å². The number of likely N-dealkylation sites (N-methyl/N-ethyl adjacent to an activating group) is 3. The molecule has 0 amide bonds. The SMILES string of the molecule is C=CCN(C)C.C=CCN(C)C.C=CCN(C)C.[Hf][C]1=CC=CC1. The van der Waals surface area contributed by atoms with E-state index in [1.165, 1.54) is 30.8 Å². The van der Waals surface area contributed by atoms with E-state index in [-0.39, 0.29) is 0 Å². The van der Waals surface area contributed by atoms with Crippen molar-refractivity contribution in [2.75, 3.05) is 61.9 Å². The number of rotatable bonds is 6. The van der Waals surface area contributed by atoms with Crippen molar-refractivity contribution in [1.82, 2.24) is 14.7 Å². The topological polar surface area (TPSA) is 9.72 Å². The van der Waals surface area contributed by atoms with Gasteiger partial charge in [0, 0.05) is 19.6 Å². The van der Waals surface area contributed by atoms with Crippen LogP contribution in [0.5, 0.6) is 0 Å². The third-order valence-corrected chi connectivity index (χ3v) is 3.59. The van der Waals surface area contributed by atoms with Gasteiger partial charge in [-0.15, -0.1) is 19.7 Å². The van der Waals surface area contributed by atoms with Crippen LogP contribution in [0.2, 0.25) is 0 Å². The predicted octanol–water partition coefficient (Wildman–Crippen LogP) is 3.58. The molecule has 0 heterocycles. The summed E-state index contributed by atoms with van der Waals surface area (Å²) in [7, 11) is 12.1. The van der Waals surface area contributed by atoms with Crippen LogP contribution in [-0.4, -0.2) is 76.6 Å². The molecule has 3 nitrogen and oxygen atoms in total. The van der Waals surface area contributed by atoms with E-state index >= 15 is 0 Å². The predicted molar refractivity (Wildman–Crippen MR) is 108 cm³/mol. The molecule has 1 rings (SSSR count). The van der Waals surface area contributed by atoms with Crippen LogP contribution in [0.25, 0.3) is 0 Å². The van der Waals surface area contributed by atoms with Gasteiger partial charge in [0.15, 0.2) is 0 Å². The van der Waals surface area contributed by atoms with E-state index in [0.29, 0.717) is 0 Å². The maximum absolute atomic E-state index is 3.56. The third-order valence-electron chi connectivity index (χ3n) is 2.25. The van der Waals surface area contributed by atoms with Crippen molar-refractivity contribution in [1.29, 1.82) is 0 Å². The van der Waals surface area contributed by atoms with Crippen molar-refractivity contribution < 1.29 is 24.4 Å². The van der Waals surface area contributed by atoms with Crippen molar-refractivity contribution in [3.63, 3.8) is 0 Å². The minimum atomic E-state index is 0.972. The average Bonchev–Trinajstić information content (AvgIpc) is 2.91. The molecule has 24 heavy (non-hydrogen) atoms. The van der Waals surface area contributed by atoms with Gasteiger partial charge in [-0.3, -0.25) is 0 Å². The van der Waals surface area contributed by atoms with E-state index in [4.69, 9.17) is 0 Å². The summed E-state index contributed by atoms with van der Waals surface area (Å²) >= 11 is 1.25. The van der Waals surface area contributed by atoms with Gasteiger partial charge in [-0.25, -0.2) is 0 Å². The second kappa shape index (κ2) is 22.5. The molecule has 0 unspecified atom stereocenters. The van der Waals surface area contributed by atoms with E-state index in [9.17, 15) is 0 Å².